The molecule has 0 saturated heterocycles. The number of rotatable bonds is 4. The van der Waals surface area contributed by atoms with E-state index >= 15 is 0 Å². The number of hydrogen-bond donors (Lipinski definition) is 1. The van der Waals surface area contributed by atoms with Crippen LogP contribution >= 0.6 is 34.4 Å². The molecule has 2 rings (SSSR count). The summed E-state index contributed by atoms with van der Waals surface area (Å²) in [6.07, 6.45) is 0. The number of tetrazole rings is 1. The number of carboxylic acids is 1. The Labute approximate surface area is 121 Å². The number of nitrogens with zero attached hydrogens (tertiary/aromatic N) is 4. The van der Waals surface area contributed by atoms with Gasteiger partial charge in [-0.15, -0.1) is 5.10 Å². The number of thioether (sulfide) groups is 1. The smallest absolute Gasteiger partial charge is 0.313 e. The molecule has 2 aromatic rings. The second-order valence-corrected chi connectivity index (χ2v) is 5.54. The number of benzene rings is 1. The molecule has 8 heteroatoms. The number of carboxylic acid groups (broad SMARTS) is 1. The average molecular weight is 376 g/mol. The molecular formula is C10H9IN4O2S. The summed E-state index contributed by atoms with van der Waals surface area (Å²) in [6, 6.07) is 5.81. The summed E-state index contributed by atoms with van der Waals surface area (Å²) in [7, 11) is 0. The predicted octanol–water partition coefficient (Wildman–Crippen LogP) is 1.75. The van der Waals surface area contributed by atoms with Crippen molar-refractivity contribution in [2.75, 3.05) is 5.75 Å². The standard InChI is InChI=1S/C10H9IN4O2S/c1-6-7(11)3-2-4-8(6)15-10(12-13-14-15)18-5-9(16)17/h2-4H,5H2,1H3,(H,16,17). The van der Waals surface area contributed by atoms with Gasteiger partial charge in [-0.1, -0.05) is 17.8 Å². The van der Waals surface area contributed by atoms with E-state index in [1.807, 2.05) is 25.1 Å². The highest BCUT2D eigenvalue weighted by Gasteiger charge is 2.13. The zero-order valence-corrected chi connectivity index (χ0v) is 12.3. The number of halogens is 1. The lowest BCUT2D eigenvalue weighted by Crippen LogP contribution is -2.05. The molecule has 18 heavy (non-hydrogen) atoms. The number of carbonyl (C=O) groups is 1. The molecule has 0 radical (unpaired) electrons. The Balaban J connectivity index is 2.36. The molecule has 0 fully saturated rings. The van der Waals surface area contributed by atoms with Crippen LogP contribution in [-0.4, -0.2) is 37.0 Å². The molecular weight excluding hydrogens is 367 g/mol. The minimum absolute atomic E-state index is 0.0661. The van der Waals surface area contributed by atoms with Crippen molar-refractivity contribution in [3.63, 3.8) is 0 Å². The van der Waals surface area contributed by atoms with Crippen molar-refractivity contribution in [1.82, 2.24) is 20.2 Å². The summed E-state index contributed by atoms with van der Waals surface area (Å²) in [4.78, 5) is 10.6. The molecule has 1 heterocycles. The molecule has 0 spiro atoms. The maximum atomic E-state index is 10.6. The molecule has 0 unspecified atom stereocenters. The van der Waals surface area contributed by atoms with Crippen LogP contribution in [-0.2, 0) is 4.79 Å². The highest BCUT2D eigenvalue weighted by atomic mass is 127. The van der Waals surface area contributed by atoms with Crippen molar-refractivity contribution < 1.29 is 9.90 Å². The molecule has 0 aliphatic rings. The van der Waals surface area contributed by atoms with Crippen LogP contribution in [0, 0.1) is 10.5 Å². The first-order chi connectivity index (χ1) is 8.59. The lowest BCUT2D eigenvalue weighted by molar-refractivity contribution is -0.133. The van der Waals surface area contributed by atoms with Gasteiger partial charge in [-0.3, -0.25) is 4.79 Å². The Morgan fingerprint density at radius 3 is 3.06 bits per heavy atom. The van der Waals surface area contributed by atoms with E-state index in [0.717, 1.165) is 26.6 Å². The molecule has 1 aromatic carbocycles. The fourth-order valence-electron chi connectivity index (χ4n) is 1.37. The highest BCUT2D eigenvalue weighted by molar-refractivity contribution is 14.1. The van der Waals surface area contributed by atoms with E-state index in [2.05, 4.69) is 38.1 Å². The molecule has 0 aliphatic heterocycles. The molecule has 0 saturated carbocycles. The van der Waals surface area contributed by atoms with Crippen LogP contribution in [0.1, 0.15) is 5.56 Å². The zero-order chi connectivity index (χ0) is 13.1. The zero-order valence-electron chi connectivity index (χ0n) is 9.37. The average Bonchev–Trinajstić information content (AvgIpc) is 2.78. The number of hydrogen-bond acceptors (Lipinski definition) is 5. The Kier molecular flexibility index (Phi) is 4.17. The topological polar surface area (TPSA) is 80.9 Å². The van der Waals surface area contributed by atoms with Crippen LogP contribution in [0.4, 0.5) is 0 Å². The van der Waals surface area contributed by atoms with Crippen LogP contribution in [0.3, 0.4) is 0 Å². The van der Waals surface area contributed by atoms with Gasteiger partial charge in [0.15, 0.2) is 0 Å². The normalized spacial score (nSPS) is 10.6. The molecule has 1 aromatic heterocycles. The van der Waals surface area contributed by atoms with Crippen molar-refractivity contribution in [3.05, 3.63) is 27.3 Å². The molecule has 0 bridgehead atoms. The first-order valence-corrected chi connectivity index (χ1v) is 7.04. The molecule has 1 N–H and O–H groups in total. The van der Waals surface area contributed by atoms with Crippen molar-refractivity contribution in [3.8, 4) is 5.69 Å². The van der Waals surface area contributed by atoms with Crippen molar-refractivity contribution in [1.29, 1.82) is 0 Å². The minimum atomic E-state index is -0.895. The molecule has 94 valence electrons. The fraction of sp³-hybridized carbons (Fsp3) is 0.200. The Hall–Kier alpha value is -1.16. The monoisotopic (exact) mass is 376 g/mol. The summed E-state index contributed by atoms with van der Waals surface area (Å²) in [5.74, 6) is -0.961. The van der Waals surface area contributed by atoms with Gasteiger partial charge in [0.2, 0.25) is 5.16 Å². The largest absolute Gasteiger partial charge is 0.481 e. The van der Waals surface area contributed by atoms with E-state index in [4.69, 9.17) is 5.11 Å². The SMILES string of the molecule is Cc1c(I)cccc1-n1nnnc1SCC(=O)O. The van der Waals surface area contributed by atoms with Crippen LogP contribution in [0.5, 0.6) is 0 Å². The summed E-state index contributed by atoms with van der Waals surface area (Å²) in [5.41, 5.74) is 1.92. The third-order valence-corrected chi connectivity index (χ3v) is 4.31. The first-order valence-electron chi connectivity index (χ1n) is 4.98. The molecule has 0 amide bonds. The third-order valence-electron chi connectivity index (χ3n) is 2.23. The highest BCUT2D eigenvalue weighted by Crippen LogP contribution is 2.23. The van der Waals surface area contributed by atoms with E-state index in [-0.39, 0.29) is 5.75 Å². The van der Waals surface area contributed by atoms with E-state index in [0.29, 0.717) is 5.16 Å². The van der Waals surface area contributed by atoms with Crippen LogP contribution in [0.25, 0.3) is 5.69 Å². The lowest BCUT2D eigenvalue weighted by Gasteiger charge is -2.08. The fourth-order valence-corrected chi connectivity index (χ4v) is 2.46. The number of aromatic nitrogens is 4. The van der Waals surface area contributed by atoms with Gasteiger partial charge in [-0.25, -0.2) is 0 Å². The molecule has 0 aliphatic carbocycles. The van der Waals surface area contributed by atoms with Crippen LogP contribution < -0.4 is 0 Å². The Morgan fingerprint density at radius 1 is 1.56 bits per heavy atom. The van der Waals surface area contributed by atoms with Crippen LogP contribution in [0.15, 0.2) is 23.4 Å². The van der Waals surface area contributed by atoms with E-state index in [1.165, 1.54) is 0 Å². The summed E-state index contributed by atoms with van der Waals surface area (Å²) < 4.78 is 2.67. The van der Waals surface area contributed by atoms with Crippen molar-refractivity contribution in [2.24, 2.45) is 0 Å². The molecule has 0 atom stereocenters. The minimum Gasteiger partial charge on any atom is -0.481 e. The van der Waals surface area contributed by atoms with Crippen molar-refractivity contribution in [2.45, 2.75) is 12.1 Å². The Bertz CT molecular complexity index is 587. The maximum absolute atomic E-state index is 10.6. The van der Waals surface area contributed by atoms with Gasteiger partial charge in [0.1, 0.15) is 0 Å². The van der Waals surface area contributed by atoms with Gasteiger partial charge in [-0.2, -0.15) is 4.68 Å². The van der Waals surface area contributed by atoms with Crippen LogP contribution in [0.2, 0.25) is 0 Å². The Morgan fingerprint density at radius 2 is 2.33 bits per heavy atom. The van der Waals surface area contributed by atoms with Crippen molar-refractivity contribution >= 4 is 40.3 Å². The maximum Gasteiger partial charge on any atom is 0.313 e. The second kappa shape index (κ2) is 5.65. The van der Waals surface area contributed by atoms with E-state index < -0.39 is 5.97 Å². The predicted molar refractivity (Wildman–Crippen MR) is 75.0 cm³/mol. The van der Waals surface area contributed by atoms with Gasteiger partial charge in [-0.05, 0) is 57.6 Å². The van der Waals surface area contributed by atoms with Gasteiger partial charge in [0.25, 0.3) is 0 Å². The van der Waals surface area contributed by atoms with E-state index in [9.17, 15) is 4.79 Å². The summed E-state index contributed by atoms with van der Waals surface area (Å²) in [6.45, 7) is 1.98. The van der Waals surface area contributed by atoms with Gasteiger partial charge >= 0.3 is 5.97 Å². The lowest BCUT2D eigenvalue weighted by atomic mass is 10.2. The van der Waals surface area contributed by atoms with Gasteiger partial charge in [0, 0.05) is 3.57 Å². The summed E-state index contributed by atoms with van der Waals surface area (Å²) >= 11 is 3.33. The molecule has 6 nitrogen and oxygen atoms in total. The second-order valence-electron chi connectivity index (χ2n) is 3.44. The quantitative estimate of drug-likeness (QED) is 0.647. The van der Waals surface area contributed by atoms with E-state index in [1.54, 1.807) is 4.68 Å². The number of aliphatic carboxylic acids is 1. The van der Waals surface area contributed by atoms with Gasteiger partial charge in [0.05, 0.1) is 11.4 Å². The third kappa shape index (κ3) is 2.80. The van der Waals surface area contributed by atoms with Gasteiger partial charge < -0.3 is 5.11 Å². The summed E-state index contributed by atoms with van der Waals surface area (Å²) in [5, 5.41) is 20.5. The first kappa shape index (κ1) is 13.3.